The van der Waals surface area contributed by atoms with E-state index >= 15 is 0 Å². The number of thiophene rings is 1. The maximum Gasteiger partial charge on any atom is 0.265 e. The Morgan fingerprint density at radius 2 is 1.57 bits per heavy atom. The van der Waals surface area contributed by atoms with Crippen molar-refractivity contribution in [1.29, 1.82) is 0 Å². The van der Waals surface area contributed by atoms with Gasteiger partial charge in [-0.15, -0.1) is 11.3 Å². The van der Waals surface area contributed by atoms with Crippen molar-refractivity contribution in [2.45, 2.75) is 32.4 Å². The zero-order valence-corrected chi connectivity index (χ0v) is 22.4. The average molecular weight is 512 g/mol. The molecule has 1 aromatic heterocycles. The number of anilines is 2. The third-order valence-corrected chi connectivity index (χ3v) is 7.23. The molecule has 1 unspecified atom stereocenters. The first-order valence-corrected chi connectivity index (χ1v) is 13.4. The first kappa shape index (κ1) is 26.2. The van der Waals surface area contributed by atoms with Gasteiger partial charge in [0.1, 0.15) is 0 Å². The summed E-state index contributed by atoms with van der Waals surface area (Å²) in [6.45, 7) is 2.98. The standard InChI is InChI=1S/C31H33N3O2S/c1-4-27(24-14-9-6-10-15-24)31(36)34(21-23-12-7-5-8-13-23)22-25-20-26(17-18-28(25)33(2)3)32-30(35)29-16-11-19-37-29/h5-20,27H,4,21-22H2,1-3H3,(H,32,35). The van der Waals surface area contributed by atoms with Crippen LogP contribution in [0.3, 0.4) is 0 Å². The molecule has 5 nitrogen and oxygen atoms in total. The molecule has 3 aromatic carbocycles. The Hall–Kier alpha value is -3.90. The van der Waals surface area contributed by atoms with Gasteiger partial charge in [0, 0.05) is 38.6 Å². The smallest absolute Gasteiger partial charge is 0.265 e. The van der Waals surface area contributed by atoms with Crippen molar-refractivity contribution in [3.63, 3.8) is 0 Å². The van der Waals surface area contributed by atoms with E-state index < -0.39 is 0 Å². The topological polar surface area (TPSA) is 52.7 Å². The lowest BCUT2D eigenvalue weighted by molar-refractivity contribution is -0.134. The summed E-state index contributed by atoms with van der Waals surface area (Å²) in [5.74, 6) is -0.268. The van der Waals surface area contributed by atoms with Gasteiger partial charge in [0.15, 0.2) is 0 Å². The van der Waals surface area contributed by atoms with Gasteiger partial charge in [-0.3, -0.25) is 9.59 Å². The van der Waals surface area contributed by atoms with Gasteiger partial charge < -0.3 is 15.1 Å². The highest BCUT2D eigenvalue weighted by Crippen LogP contribution is 2.29. The fourth-order valence-electron chi connectivity index (χ4n) is 4.51. The fraction of sp³-hybridized carbons (Fsp3) is 0.226. The molecule has 0 fully saturated rings. The van der Waals surface area contributed by atoms with Crippen molar-refractivity contribution in [2.24, 2.45) is 0 Å². The summed E-state index contributed by atoms with van der Waals surface area (Å²) in [4.78, 5) is 31.3. The highest BCUT2D eigenvalue weighted by Gasteiger charge is 2.26. The van der Waals surface area contributed by atoms with Gasteiger partial charge in [0.05, 0.1) is 10.8 Å². The van der Waals surface area contributed by atoms with Gasteiger partial charge >= 0.3 is 0 Å². The van der Waals surface area contributed by atoms with Crippen molar-refractivity contribution in [3.8, 4) is 0 Å². The summed E-state index contributed by atoms with van der Waals surface area (Å²) in [7, 11) is 3.98. The molecule has 1 N–H and O–H groups in total. The van der Waals surface area contributed by atoms with E-state index in [1.165, 1.54) is 11.3 Å². The number of benzene rings is 3. The average Bonchev–Trinajstić information content (AvgIpc) is 3.45. The van der Waals surface area contributed by atoms with Crippen LogP contribution in [-0.4, -0.2) is 30.8 Å². The second kappa shape index (κ2) is 12.4. The maximum atomic E-state index is 14.0. The quantitative estimate of drug-likeness (QED) is 0.255. The molecule has 37 heavy (non-hydrogen) atoms. The molecule has 0 radical (unpaired) electrons. The van der Waals surface area contributed by atoms with E-state index in [0.29, 0.717) is 30.1 Å². The molecule has 0 bridgehead atoms. The molecule has 6 heteroatoms. The minimum absolute atomic E-state index is 0.0929. The van der Waals surface area contributed by atoms with Crippen molar-refractivity contribution in [3.05, 3.63) is 118 Å². The molecule has 190 valence electrons. The van der Waals surface area contributed by atoms with Crippen LogP contribution < -0.4 is 10.2 Å². The fourth-order valence-corrected chi connectivity index (χ4v) is 5.13. The van der Waals surface area contributed by atoms with E-state index in [9.17, 15) is 9.59 Å². The molecule has 1 heterocycles. The predicted molar refractivity (Wildman–Crippen MR) is 153 cm³/mol. The summed E-state index contributed by atoms with van der Waals surface area (Å²) >= 11 is 1.41. The van der Waals surface area contributed by atoms with E-state index in [4.69, 9.17) is 0 Å². The van der Waals surface area contributed by atoms with Crippen LogP contribution in [-0.2, 0) is 17.9 Å². The number of nitrogens with zero attached hydrogens (tertiary/aromatic N) is 2. The number of carbonyl (C=O) groups is 2. The van der Waals surface area contributed by atoms with Crippen LogP contribution in [0.25, 0.3) is 0 Å². The predicted octanol–water partition coefficient (Wildman–Crippen LogP) is 6.79. The number of rotatable bonds is 10. The molecule has 1 atom stereocenters. The monoisotopic (exact) mass is 511 g/mol. The van der Waals surface area contributed by atoms with Crippen molar-refractivity contribution in [1.82, 2.24) is 4.90 Å². The summed E-state index contributed by atoms with van der Waals surface area (Å²) in [5, 5.41) is 4.90. The molecule has 4 rings (SSSR count). The van der Waals surface area contributed by atoms with E-state index in [1.54, 1.807) is 0 Å². The molecule has 2 amide bonds. The zero-order valence-electron chi connectivity index (χ0n) is 21.6. The summed E-state index contributed by atoms with van der Waals surface area (Å²) < 4.78 is 0. The Balaban J connectivity index is 1.67. The van der Waals surface area contributed by atoms with E-state index in [1.807, 2.05) is 120 Å². The van der Waals surface area contributed by atoms with Gasteiger partial charge in [-0.1, -0.05) is 73.7 Å². The number of amides is 2. The van der Waals surface area contributed by atoms with Crippen molar-refractivity contribution < 1.29 is 9.59 Å². The summed E-state index contributed by atoms with van der Waals surface area (Å²) in [5.41, 5.74) is 4.79. The third-order valence-electron chi connectivity index (χ3n) is 6.36. The first-order chi connectivity index (χ1) is 18.0. The Labute approximate surface area is 223 Å². The van der Waals surface area contributed by atoms with Crippen LogP contribution in [0.4, 0.5) is 11.4 Å². The van der Waals surface area contributed by atoms with Crippen LogP contribution in [0.1, 0.15) is 45.6 Å². The minimum atomic E-state index is -0.227. The lowest BCUT2D eigenvalue weighted by Crippen LogP contribution is -2.34. The first-order valence-electron chi connectivity index (χ1n) is 12.5. The van der Waals surface area contributed by atoms with Crippen LogP contribution in [0.5, 0.6) is 0 Å². The van der Waals surface area contributed by atoms with E-state index in [0.717, 1.165) is 22.4 Å². The Kier molecular flexibility index (Phi) is 8.75. The van der Waals surface area contributed by atoms with E-state index in [-0.39, 0.29) is 17.7 Å². The lowest BCUT2D eigenvalue weighted by Gasteiger charge is -2.29. The highest BCUT2D eigenvalue weighted by atomic mass is 32.1. The van der Waals surface area contributed by atoms with Crippen LogP contribution in [0, 0.1) is 0 Å². The molecule has 0 aliphatic heterocycles. The Morgan fingerprint density at radius 1 is 0.865 bits per heavy atom. The summed E-state index contributed by atoms with van der Waals surface area (Å²) in [6.07, 6.45) is 0.714. The normalized spacial score (nSPS) is 11.5. The van der Waals surface area contributed by atoms with Gasteiger partial charge in [-0.2, -0.15) is 0 Å². The molecular formula is C31H33N3O2S. The molecule has 4 aromatic rings. The van der Waals surface area contributed by atoms with Gasteiger partial charge in [-0.05, 0) is 52.8 Å². The largest absolute Gasteiger partial charge is 0.377 e. The van der Waals surface area contributed by atoms with Crippen LogP contribution >= 0.6 is 11.3 Å². The SMILES string of the molecule is CCC(C(=O)N(Cc1ccccc1)Cc1cc(NC(=O)c2cccs2)ccc1N(C)C)c1ccccc1. The number of hydrogen-bond donors (Lipinski definition) is 1. The number of nitrogens with one attached hydrogen (secondary N) is 1. The second-order valence-electron chi connectivity index (χ2n) is 9.22. The second-order valence-corrected chi connectivity index (χ2v) is 10.2. The molecule has 0 aliphatic carbocycles. The molecule has 0 saturated heterocycles. The highest BCUT2D eigenvalue weighted by molar-refractivity contribution is 7.12. The Morgan fingerprint density at radius 3 is 2.19 bits per heavy atom. The Bertz CT molecular complexity index is 1310. The zero-order chi connectivity index (χ0) is 26.2. The number of carbonyl (C=O) groups excluding carboxylic acids is 2. The lowest BCUT2D eigenvalue weighted by atomic mass is 9.94. The number of hydrogen-bond acceptors (Lipinski definition) is 4. The van der Waals surface area contributed by atoms with Crippen LogP contribution in [0.15, 0.2) is 96.4 Å². The van der Waals surface area contributed by atoms with Gasteiger partial charge in [-0.25, -0.2) is 0 Å². The van der Waals surface area contributed by atoms with E-state index in [2.05, 4.69) is 12.2 Å². The molecule has 0 saturated carbocycles. The van der Waals surface area contributed by atoms with Crippen molar-refractivity contribution in [2.75, 3.05) is 24.3 Å². The molecular weight excluding hydrogens is 478 g/mol. The van der Waals surface area contributed by atoms with Gasteiger partial charge in [0.2, 0.25) is 5.91 Å². The van der Waals surface area contributed by atoms with Gasteiger partial charge in [0.25, 0.3) is 5.91 Å². The van der Waals surface area contributed by atoms with Crippen molar-refractivity contribution >= 4 is 34.5 Å². The maximum absolute atomic E-state index is 14.0. The third kappa shape index (κ3) is 6.66. The molecule has 0 spiro atoms. The van der Waals surface area contributed by atoms with Crippen LogP contribution in [0.2, 0.25) is 0 Å². The minimum Gasteiger partial charge on any atom is -0.377 e. The molecule has 0 aliphatic rings. The summed E-state index contributed by atoms with van der Waals surface area (Å²) in [6, 6.07) is 29.6.